The van der Waals surface area contributed by atoms with Crippen LogP contribution in [-0.2, 0) is 5.41 Å². The first-order valence-corrected chi connectivity index (χ1v) is 9.68. The molecular formula is C21H35NO. The Morgan fingerprint density at radius 2 is 1.83 bits per heavy atom. The molecule has 1 fully saturated rings. The van der Waals surface area contributed by atoms with E-state index in [2.05, 4.69) is 31.7 Å². The smallest absolute Gasteiger partial charge is 0.115 e. The number of aromatic hydroxyl groups is 1. The summed E-state index contributed by atoms with van der Waals surface area (Å²) in [5, 5.41) is 9.85. The summed E-state index contributed by atoms with van der Waals surface area (Å²) in [7, 11) is 0. The zero-order valence-electron chi connectivity index (χ0n) is 15.4. The summed E-state index contributed by atoms with van der Waals surface area (Å²) in [4.78, 5) is 2.75. The number of phenols is 1. The average molecular weight is 318 g/mol. The highest BCUT2D eigenvalue weighted by Crippen LogP contribution is 2.40. The van der Waals surface area contributed by atoms with Crippen LogP contribution in [0.4, 0.5) is 0 Å². The number of benzene rings is 1. The van der Waals surface area contributed by atoms with E-state index in [0.29, 0.717) is 5.75 Å². The lowest BCUT2D eigenvalue weighted by Gasteiger charge is -2.45. The molecule has 1 atom stereocenters. The van der Waals surface area contributed by atoms with Crippen LogP contribution in [0, 0.1) is 0 Å². The van der Waals surface area contributed by atoms with Gasteiger partial charge in [-0.05, 0) is 68.3 Å². The van der Waals surface area contributed by atoms with Gasteiger partial charge in [-0.25, -0.2) is 0 Å². The third-order valence-electron chi connectivity index (χ3n) is 5.92. The molecule has 1 aromatic rings. The molecular weight excluding hydrogens is 282 g/mol. The molecule has 1 N–H and O–H groups in total. The number of piperidine rings is 1. The van der Waals surface area contributed by atoms with Gasteiger partial charge < -0.3 is 10.0 Å². The van der Waals surface area contributed by atoms with E-state index < -0.39 is 0 Å². The number of rotatable bonds is 8. The minimum absolute atomic E-state index is 0.261. The average Bonchev–Trinajstić information content (AvgIpc) is 2.59. The molecule has 0 aromatic heterocycles. The summed E-state index contributed by atoms with van der Waals surface area (Å²) in [6, 6.07) is 8.75. The maximum absolute atomic E-state index is 9.85. The van der Waals surface area contributed by atoms with Gasteiger partial charge in [0.25, 0.3) is 0 Å². The van der Waals surface area contributed by atoms with Crippen LogP contribution < -0.4 is 0 Å². The third kappa shape index (κ3) is 4.50. The second kappa shape index (κ2) is 8.73. The molecule has 0 bridgehead atoms. The van der Waals surface area contributed by atoms with Crippen molar-refractivity contribution < 1.29 is 5.11 Å². The van der Waals surface area contributed by atoms with E-state index in [4.69, 9.17) is 0 Å². The Morgan fingerprint density at radius 1 is 1.09 bits per heavy atom. The number of nitrogens with zero attached hydrogens (tertiary/aromatic N) is 1. The van der Waals surface area contributed by atoms with Gasteiger partial charge >= 0.3 is 0 Å². The first kappa shape index (κ1) is 18.3. The van der Waals surface area contributed by atoms with Gasteiger partial charge in [0.05, 0.1) is 0 Å². The van der Waals surface area contributed by atoms with E-state index in [-0.39, 0.29) is 5.41 Å². The van der Waals surface area contributed by atoms with Crippen molar-refractivity contribution in [1.29, 1.82) is 0 Å². The summed E-state index contributed by atoms with van der Waals surface area (Å²) in [6.07, 6.45) is 10.2. The molecule has 1 unspecified atom stereocenters. The highest BCUT2D eigenvalue weighted by Gasteiger charge is 2.36. The molecule has 1 saturated heterocycles. The number of hydrogen-bond donors (Lipinski definition) is 1. The maximum atomic E-state index is 9.85. The second-order valence-electron chi connectivity index (χ2n) is 7.30. The summed E-state index contributed by atoms with van der Waals surface area (Å²) in [5.41, 5.74) is 1.59. The first-order chi connectivity index (χ1) is 11.1. The zero-order valence-corrected chi connectivity index (χ0v) is 15.4. The second-order valence-corrected chi connectivity index (χ2v) is 7.30. The molecule has 0 aliphatic carbocycles. The van der Waals surface area contributed by atoms with Crippen LogP contribution in [0.1, 0.15) is 77.7 Å². The molecule has 2 heteroatoms. The van der Waals surface area contributed by atoms with Crippen LogP contribution in [0.2, 0.25) is 0 Å². The van der Waals surface area contributed by atoms with Crippen LogP contribution in [0.5, 0.6) is 5.75 Å². The van der Waals surface area contributed by atoms with Crippen LogP contribution in [0.15, 0.2) is 24.3 Å². The molecule has 0 radical (unpaired) electrons. The summed E-state index contributed by atoms with van der Waals surface area (Å²) in [5.74, 6) is 0.407. The fourth-order valence-electron chi connectivity index (χ4n) is 4.28. The molecule has 1 aliphatic heterocycles. The number of unbranched alkanes of at least 4 members (excludes halogenated alkanes) is 1. The minimum Gasteiger partial charge on any atom is -0.508 e. The van der Waals surface area contributed by atoms with Crippen LogP contribution >= 0.6 is 0 Å². The Bertz CT molecular complexity index is 463. The number of phenolic OH excluding ortho intramolecular Hbond substituents is 1. The van der Waals surface area contributed by atoms with Crippen molar-refractivity contribution in [3.63, 3.8) is 0 Å². The molecule has 0 saturated carbocycles. The monoisotopic (exact) mass is 317 g/mol. The number of hydrogen-bond acceptors (Lipinski definition) is 2. The third-order valence-corrected chi connectivity index (χ3v) is 5.92. The maximum Gasteiger partial charge on any atom is 0.115 e. The van der Waals surface area contributed by atoms with E-state index in [1.54, 1.807) is 6.07 Å². The summed E-state index contributed by atoms with van der Waals surface area (Å²) >= 11 is 0. The van der Waals surface area contributed by atoms with Gasteiger partial charge in [0.2, 0.25) is 0 Å². The molecule has 23 heavy (non-hydrogen) atoms. The lowest BCUT2D eigenvalue weighted by molar-refractivity contribution is 0.0997. The van der Waals surface area contributed by atoms with Gasteiger partial charge in [0.1, 0.15) is 5.75 Å². The highest BCUT2D eigenvalue weighted by atomic mass is 16.3. The van der Waals surface area contributed by atoms with Gasteiger partial charge in [0, 0.05) is 6.04 Å². The fourth-order valence-corrected chi connectivity index (χ4v) is 4.28. The van der Waals surface area contributed by atoms with Crippen molar-refractivity contribution >= 4 is 0 Å². The predicted octanol–water partition coefficient (Wildman–Crippen LogP) is 5.49. The highest BCUT2D eigenvalue weighted by molar-refractivity contribution is 5.33. The largest absolute Gasteiger partial charge is 0.508 e. The lowest BCUT2D eigenvalue weighted by atomic mass is 9.70. The molecule has 1 aromatic carbocycles. The Labute approximate surface area is 142 Å². The molecule has 1 aliphatic rings. The molecule has 0 amide bonds. The van der Waals surface area contributed by atoms with Crippen molar-refractivity contribution in [2.75, 3.05) is 13.1 Å². The molecule has 130 valence electrons. The lowest BCUT2D eigenvalue weighted by Crippen LogP contribution is -2.46. The fraction of sp³-hybridized carbons (Fsp3) is 0.714. The van der Waals surface area contributed by atoms with Crippen LogP contribution in [-0.4, -0.2) is 29.1 Å². The molecule has 0 spiro atoms. The standard InChI is InChI=1S/C21H35NO/c1-4-7-11-19(9-5-2)22-15-13-21(6-3,14-16-22)18-10-8-12-20(23)17-18/h8,10,12,17,19,23H,4-7,9,11,13-16H2,1-3H3. The molecule has 1 heterocycles. The van der Waals surface area contributed by atoms with Gasteiger partial charge in [-0.15, -0.1) is 0 Å². The minimum atomic E-state index is 0.261. The van der Waals surface area contributed by atoms with E-state index in [0.717, 1.165) is 12.5 Å². The van der Waals surface area contributed by atoms with E-state index >= 15 is 0 Å². The summed E-state index contributed by atoms with van der Waals surface area (Å²) in [6.45, 7) is 9.32. The summed E-state index contributed by atoms with van der Waals surface area (Å²) < 4.78 is 0. The molecule has 2 rings (SSSR count). The van der Waals surface area contributed by atoms with Crippen molar-refractivity contribution in [2.24, 2.45) is 0 Å². The number of likely N-dealkylation sites (tertiary alicyclic amines) is 1. The van der Waals surface area contributed by atoms with Crippen molar-refractivity contribution in [2.45, 2.75) is 83.6 Å². The van der Waals surface area contributed by atoms with E-state index in [1.165, 1.54) is 63.6 Å². The first-order valence-electron chi connectivity index (χ1n) is 9.68. The van der Waals surface area contributed by atoms with Gasteiger partial charge in [0.15, 0.2) is 0 Å². The Hall–Kier alpha value is -1.02. The van der Waals surface area contributed by atoms with Crippen LogP contribution in [0.25, 0.3) is 0 Å². The SMILES string of the molecule is CCCCC(CCC)N1CCC(CC)(c2cccc(O)c2)CC1. The Kier molecular flexibility index (Phi) is 6.95. The molecule has 2 nitrogen and oxygen atoms in total. The Balaban J connectivity index is 2.05. The Morgan fingerprint density at radius 3 is 2.39 bits per heavy atom. The zero-order chi connectivity index (χ0) is 16.7. The van der Waals surface area contributed by atoms with Crippen LogP contribution in [0.3, 0.4) is 0 Å². The van der Waals surface area contributed by atoms with Gasteiger partial charge in [-0.1, -0.05) is 52.2 Å². The van der Waals surface area contributed by atoms with E-state index in [9.17, 15) is 5.11 Å². The normalized spacial score (nSPS) is 19.6. The predicted molar refractivity (Wildman–Crippen MR) is 99.1 cm³/mol. The van der Waals surface area contributed by atoms with Crippen molar-refractivity contribution in [3.05, 3.63) is 29.8 Å². The van der Waals surface area contributed by atoms with Gasteiger partial charge in [-0.2, -0.15) is 0 Å². The topological polar surface area (TPSA) is 23.5 Å². The van der Waals surface area contributed by atoms with Crippen molar-refractivity contribution in [1.82, 2.24) is 4.90 Å². The van der Waals surface area contributed by atoms with E-state index in [1.807, 2.05) is 12.1 Å². The van der Waals surface area contributed by atoms with Gasteiger partial charge in [-0.3, -0.25) is 0 Å². The quantitative estimate of drug-likeness (QED) is 0.685. The van der Waals surface area contributed by atoms with Crippen molar-refractivity contribution in [3.8, 4) is 5.75 Å².